The van der Waals surface area contributed by atoms with Gasteiger partial charge in [-0.2, -0.15) is 0 Å². The molecule has 3 heteroatoms. The molecule has 1 atom stereocenters. The van der Waals surface area contributed by atoms with Gasteiger partial charge in [-0.05, 0) is 25.0 Å². The van der Waals surface area contributed by atoms with Gasteiger partial charge in [0.15, 0.2) is 11.6 Å². The molecular formula is C12H15N2O+. The second-order valence-electron chi connectivity index (χ2n) is 4.15. The van der Waals surface area contributed by atoms with E-state index in [1.54, 1.807) is 0 Å². The van der Waals surface area contributed by atoms with E-state index < -0.39 is 0 Å². The SMILES string of the molecule is c1ccc2oc([C@@H]3CCCC[NH2+]3)nc2c1. The first kappa shape index (κ1) is 8.92. The highest BCUT2D eigenvalue weighted by molar-refractivity contribution is 5.72. The zero-order valence-electron chi connectivity index (χ0n) is 8.65. The Bertz CT molecular complexity index is 424. The molecule has 1 fully saturated rings. The molecule has 2 N–H and O–H groups in total. The number of quaternary nitrogens is 1. The Balaban J connectivity index is 1.96. The second-order valence-corrected chi connectivity index (χ2v) is 4.15. The fourth-order valence-corrected chi connectivity index (χ4v) is 2.22. The predicted molar refractivity (Wildman–Crippen MR) is 57.4 cm³/mol. The number of hydrogen-bond donors (Lipinski definition) is 1. The third-order valence-electron chi connectivity index (χ3n) is 3.05. The van der Waals surface area contributed by atoms with Crippen LogP contribution in [0.5, 0.6) is 0 Å². The van der Waals surface area contributed by atoms with Crippen LogP contribution in [0.25, 0.3) is 11.1 Å². The number of hydrogen-bond acceptors (Lipinski definition) is 2. The molecule has 0 bridgehead atoms. The van der Waals surface area contributed by atoms with Gasteiger partial charge in [0.1, 0.15) is 5.52 Å². The lowest BCUT2D eigenvalue weighted by molar-refractivity contribution is -0.706. The van der Waals surface area contributed by atoms with Crippen molar-refractivity contribution in [1.29, 1.82) is 0 Å². The number of fused-ring (bicyclic) bond motifs is 1. The Kier molecular flexibility index (Phi) is 2.18. The van der Waals surface area contributed by atoms with Crippen molar-refractivity contribution in [3.05, 3.63) is 30.2 Å². The van der Waals surface area contributed by atoms with E-state index in [1.165, 1.54) is 25.8 Å². The lowest BCUT2D eigenvalue weighted by Crippen LogP contribution is -2.86. The highest BCUT2D eigenvalue weighted by Crippen LogP contribution is 2.22. The van der Waals surface area contributed by atoms with Gasteiger partial charge < -0.3 is 9.73 Å². The minimum atomic E-state index is 0.436. The Morgan fingerprint density at radius 2 is 2.20 bits per heavy atom. The van der Waals surface area contributed by atoms with Crippen LogP contribution >= 0.6 is 0 Å². The van der Waals surface area contributed by atoms with Crippen LogP contribution in [0.3, 0.4) is 0 Å². The summed E-state index contributed by atoms with van der Waals surface area (Å²) in [6.07, 6.45) is 3.80. The Morgan fingerprint density at radius 3 is 3.00 bits per heavy atom. The zero-order chi connectivity index (χ0) is 10.1. The van der Waals surface area contributed by atoms with Gasteiger partial charge >= 0.3 is 0 Å². The summed E-state index contributed by atoms with van der Waals surface area (Å²) < 4.78 is 5.77. The smallest absolute Gasteiger partial charge is 0.254 e. The van der Waals surface area contributed by atoms with Gasteiger partial charge in [-0.3, -0.25) is 0 Å². The third-order valence-corrected chi connectivity index (χ3v) is 3.05. The van der Waals surface area contributed by atoms with Crippen molar-refractivity contribution in [2.75, 3.05) is 6.54 Å². The van der Waals surface area contributed by atoms with Crippen molar-refractivity contribution >= 4 is 11.1 Å². The topological polar surface area (TPSA) is 42.6 Å². The quantitative estimate of drug-likeness (QED) is 0.765. The Labute approximate surface area is 88.5 Å². The summed E-state index contributed by atoms with van der Waals surface area (Å²) >= 11 is 0. The van der Waals surface area contributed by atoms with E-state index in [-0.39, 0.29) is 0 Å². The van der Waals surface area contributed by atoms with Crippen molar-refractivity contribution in [2.45, 2.75) is 25.3 Å². The monoisotopic (exact) mass is 203 g/mol. The molecule has 0 amide bonds. The molecule has 3 rings (SSSR count). The summed E-state index contributed by atoms with van der Waals surface area (Å²) in [4.78, 5) is 4.54. The number of aromatic nitrogens is 1. The maximum atomic E-state index is 5.77. The minimum absolute atomic E-state index is 0.436. The largest absolute Gasteiger partial charge is 0.435 e. The summed E-state index contributed by atoms with van der Waals surface area (Å²) in [7, 11) is 0. The molecule has 0 radical (unpaired) electrons. The highest BCUT2D eigenvalue weighted by atomic mass is 16.3. The van der Waals surface area contributed by atoms with Gasteiger partial charge in [0, 0.05) is 6.42 Å². The fourth-order valence-electron chi connectivity index (χ4n) is 2.22. The number of oxazole rings is 1. The molecule has 0 unspecified atom stereocenters. The zero-order valence-corrected chi connectivity index (χ0v) is 8.65. The normalized spacial score (nSPS) is 22.0. The fraction of sp³-hybridized carbons (Fsp3) is 0.417. The number of para-hydroxylation sites is 2. The van der Waals surface area contributed by atoms with Crippen LogP contribution in [0.2, 0.25) is 0 Å². The van der Waals surface area contributed by atoms with Gasteiger partial charge in [0.2, 0.25) is 0 Å². The number of nitrogens with two attached hydrogens (primary N) is 1. The van der Waals surface area contributed by atoms with E-state index in [4.69, 9.17) is 4.42 Å². The van der Waals surface area contributed by atoms with Crippen LogP contribution in [0.1, 0.15) is 31.2 Å². The number of piperidine rings is 1. The van der Waals surface area contributed by atoms with Crippen LogP contribution in [0.4, 0.5) is 0 Å². The first-order valence-corrected chi connectivity index (χ1v) is 5.62. The van der Waals surface area contributed by atoms with Crippen LogP contribution in [0.15, 0.2) is 28.7 Å². The van der Waals surface area contributed by atoms with E-state index in [2.05, 4.69) is 10.3 Å². The molecule has 0 aliphatic carbocycles. The van der Waals surface area contributed by atoms with Gasteiger partial charge in [-0.25, -0.2) is 4.98 Å². The summed E-state index contributed by atoms with van der Waals surface area (Å²) in [5.74, 6) is 0.899. The molecule has 0 spiro atoms. The lowest BCUT2D eigenvalue weighted by atomic mass is 10.1. The summed E-state index contributed by atoms with van der Waals surface area (Å²) in [5, 5.41) is 2.34. The summed E-state index contributed by atoms with van der Waals surface area (Å²) in [6.45, 7) is 1.20. The molecule has 2 aromatic rings. The molecule has 1 aromatic carbocycles. The summed E-state index contributed by atoms with van der Waals surface area (Å²) in [6, 6.07) is 8.41. The molecule has 15 heavy (non-hydrogen) atoms. The second kappa shape index (κ2) is 3.66. The molecule has 3 nitrogen and oxygen atoms in total. The molecule has 2 heterocycles. The van der Waals surface area contributed by atoms with E-state index in [0.29, 0.717) is 6.04 Å². The van der Waals surface area contributed by atoms with Gasteiger partial charge in [0.05, 0.1) is 6.54 Å². The van der Waals surface area contributed by atoms with Crippen molar-refractivity contribution in [3.8, 4) is 0 Å². The van der Waals surface area contributed by atoms with Crippen LogP contribution in [-0.4, -0.2) is 11.5 Å². The number of rotatable bonds is 1. The molecular weight excluding hydrogens is 188 g/mol. The van der Waals surface area contributed by atoms with E-state index in [1.807, 2.05) is 24.3 Å². The standard InChI is InChI=1S/C12H14N2O/c1-2-7-11-9(5-1)14-12(15-11)10-6-3-4-8-13-10/h1-2,5,7,10,13H,3-4,6,8H2/p+1/t10-/m0/s1. The highest BCUT2D eigenvalue weighted by Gasteiger charge is 2.23. The van der Waals surface area contributed by atoms with Gasteiger partial charge in [-0.15, -0.1) is 0 Å². The molecule has 1 aliphatic heterocycles. The maximum absolute atomic E-state index is 5.77. The van der Waals surface area contributed by atoms with E-state index >= 15 is 0 Å². The summed E-state index contributed by atoms with van der Waals surface area (Å²) in [5.41, 5.74) is 1.89. The average molecular weight is 203 g/mol. The number of nitrogens with zero attached hydrogens (tertiary/aromatic N) is 1. The van der Waals surface area contributed by atoms with Crippen LogP contribution < -0.4 is 5.32 Å². The van der Waals surface area contributed by atoms with Gasteiger partial charge in [0.25, 0.3) is 5.89 Å². The predicted octanol–water partition coefficient (Wildman–Crippen LogP) is 1.62. The molecule has 78 valence electrons. The first-order valence-electron chi connectivity index (χ1n) is 5.62. The van der Waals surface area contributed by atoms with Crippen molar-refractivity contribution in [3.63, 3.8) is 0 Å². The Hall–Kier alpha value is -1.35. The molecule has 0 saturated carbocycles. The van der Waals surface area contributed by atoms with Crippen LogP contribution in [-0.2, 0) is 0 Å². The molecule has 1 aliphatic rings. The molecule has 1 saturated heterocycles. The minimum Gasteiger partial charge on any atom is -0.435 e. The number of benzene rings is 1. The van der Waals surface area contributed by atoms with Gasteiger partial charge in [-0.1, -0.05) is 12.1 Å². The Morgan fingerprint density at radius 1 is 1.27 bits per heavy atom. The third kappa shape index (κ3) is 1.63. The van der Waals surface area contributed by atoms with E-state index in [0.717, 1.165) is 17.0 Å². The van der Waals surface area contributed by atoms with Crippen molar-refractivity contribution in [1.82, 2.24) is 4.98 Å². The van der Waals surface area contributed by atoms with Crippen LogP contribution in [0, 0.1) is 0 Å². The van der Waals surface area contributed by atoms with Crippen molar-refractivity contribution in [2.24, 2.45) is 0 Å². The first-order chi connectivity index (χ1) is 7.43. The van der Waals surface area contributed by atoms with E-state index in [9.17, 15) is 0 Å². The lowest BCUT2D eigenvalue weighted by Gasteiger charge is -2.16. The average Bonchev–Trinajstić information content (AvgIpc) is 2.74. The maximum Gasteiger partial charge on any atom is 0.254 e. The molecule has 1 aromatic heterocycles. The van der Waals surface area contributed by atoms with Crippen molar-refractivity contribution < 1.29 is 9.73 Å².